The summed E-state index contributed by atoms with van der Waals surface area (Å²) in [6, 6.07) is 11.8. The Morgan fingerprint density at radius 1 is 1.15 bits per heavy atom. The normalized spacial score (nSPS) is 18.9. The van der Waals surface area contributed by atoms with Crippen LogP contribution in [0.1, 0.15) is 36.5 Å². The maximum Gasteiger partial charge on any atom is 0.416 e. The van der Waals surface area contributed by atoms with Crippen LogP contribution in [0.2, 0.25) is 0 Å². The summed E-state index contributed by atoms with van der Waals surface area (Å²) in [4.78, 5) is 28.5. The molecule has 0 aromatic heterocycles. The first-order valence-corrected chi connectivity index (χ1v) is 10.1. The highest BCUT2D eigenvalue weighted by Gasteiger charge is 2.45. The number of hydrogen-bond donors (Lipinski definition) is 0. The van der Waals surface area contributed by atoms with Gasteiger partial charge >= 0.3 is 12.1 Å². The monoisotopic (exact) mass is 458 g/mol. The summed E-state index contributed by atoms with van der Waals surface area (Å²) < 4.78 is 45.2. The summed E-state index contributed by atoms with van der Waals surface area (Å²) in [5, 5.41) is 12.0. The van der Waals surface area contributed by atoms with Gasteiger partial charge in [-0.15, -0.1) is 0 Å². The van der Waals surface area contributed by atoms with E-state index in [1.807, 2.05) is 30.3 Å². The lowest BCUT2D eigenvalue weighted by molar-refractivity contribution is -0.505. The minimum absolute atomic E-state index is 0.0147. The van der Waals surface area contributed by atoms with Gasteiger partial charge in [0.1, 0.15) is 0 Å². The van der Waals surface area contributed by atoms with Crippen molar-refractivity contribution in [3.05, 3.63) is 98.7 Å². The Labute approximate surface area is 188 Å². The highest BCUT2D eigenvalue weighted by molar-refractivity contribution is 5.99. The van der Waals surface area contributed by atoms with Crippen LogP contribution in [0.4, 0.5) is 13.2 Å². The average Bonchev–Trinajstić information content (AvgIpc) is 2.77. The zero-order valence-electron chi connectivity index (χ0n) is 17.9. The first-order chi connectivity index (χ1) is 15.6. The molecule has 0 aliphatic carbocycles. The van der Waals surface area contributed by atoms with Gasteiger partial charge in [-0.2, -0.15) is 13.2 Å². The van der Waals surface area contributed by atoms with Crippen LogP contribution in [0.3, 0.4) is 0 Å². The van der Waals surface area contributed by atoms with Crippen molar-refractivity contribution in [2.75, 3.05) is 6.61 Å². The van der Waals surface area contributed by atoms with Crippen molar-refractivity contribution < 1.29 is 27.6 Å². The number of nitro groups is 1. The highest BCUT2D eigenvalue weighted by atomic mass is 19.4. The summed E-state index contributed by atoms with van der Waals surface area (Å²) in [6.07, 6.45) is -1.47. The number of ether oxygens (including phenoxy) is 1. The number of rotatable bonds is 6. The summed E-state index contributed by atoms with van der Waals surface area (Å²) in [5.74, 6) is -2.18. The van der Waals surface area contributed by atoms with Crippen molar-refractivity contribution in [3.63, 3.8) is 0 Å². The van der Waals surface area contributed by atoms with Crippen LogP contribution in [-0.4, -0.2) is 29.3 Å². The predicted octanol–water partition coefficient (Wildman–Crippen LogP) is 5.44. The molecule has 0 saturated heterocycles. The fraction of sp³-hybridized carbons (Fsp3) is 0.250. The molecule has 1 aliphatic rings. The molecule has 1 aliphatic heterocycles. The molecule has 9 heteroatoms. The van der Waals surface area contributed by atoms with Gasteiger partial charge in [0.15, 0.2) is 0 Å². The van der Waals surface area contributed by atoms with Crippen molar-refractivity contribution in [3.8, 4) is 0 Å². The number of benzene rings is 2. The molecule has 2 aromatic rings. The third-order valence-electron chi connectivity index (χ3n) is 5.16. The molecular formula is C24H21F3N2O4. The van der Waals surface area contributed by atoms with Gasteiger partial charge in [0.25, 0.3) is 6.04 Å². The Balaban J connectivity index is 2.24. The molecule has 2 atom stereocenters. The van der Waals surface area contributed by atoms with Crippen molar-refractivity contribution in [2.24, 2.45) is 4.99 Å². The Morgan fingerprint density at radius 2 is 1.85 bits per heavy atom. The smallest absolute Gasteiger partial charge is 0.416 e. The minimum Gasteiger partial charge on any atom is -0.463 e. The third kappa shape index (κ3) is 5.36. The van der Waals surface area contributed by atoms with E-state index in [0.717, 1.165) is 17.7 Å². The van der Waals surface area contributed by atoms with Crippen molar-refractivity contribution >= 4 is 17.8 Å². The van der Waals surface area contributed by atoms with Gasteiger partial charge < -0.3 is 4.74 Å². The number of allylic oxidation sites excluding steroid dienone is 1. The zero-order chi connectivity index (χ0) is 24.2. The maximum atomic E-state index is 13.4. The Bertz CT molecular complexity index is 1140. The number of esters is 1. The van der Waals surface area contributed by atoms with Crippen LogP contribution in [0, 0.1) is 10.1 Å². The van der Waals surface area contributed by atoms with Crippen molar-refractivity contribution in [1.29, 1.82) is 0 Å². The largest absolute Gasteiger partial charge is 0.463 e. The SMILES string of the molecule is CCOC(=O)C1=C(C=Cc2ccccc2)N=C(C)C([N+](=O)[O-])C1c1cccc(C(F)(F)F)c1. The first-order valence-electron chi connectivity index (χ1n) is 10.1. The van der Waals surface area contributed by atoms with Gasteiger partial charge in [-0.3, -0.25) is 15.1 Å². The summed E-state index contributed by atoms with van der Waals surface area (Å²) in [5.41, 5.74) is -0.177. The van der Waals surface area contributed by atoms with Gasteiger partial charge in [0.2, 0.25) is 0 Å². The molecule has 0 fully saturated rings. The standard InChI is InChI=1S/C24H21F3N2O4/c1-3-33-23(30)21-19(13-12-16-8-5-4-6-9-16)28-15(2)22(29(31)32)20(21)17-10-7-11-18(14-17)24(25,26)27/h4-14,20,22H,3H2,1-2H3. The van der Waals surface area contributed by atoms with Gasteiger partial charge in [-0.1, -0.05) is 54.6 Å². The first kappa shape index (κ1) is 23.9. The average molecular weight is 458 g/mol. The molecule has 0 amide bonds. The van der Waals surface area contributed by atoms with Gasteiger partial charge in [-0.05, 0) is 37.1 Å². The third-order valence-corrected chi connectivity index (χ3v) is 5.16. The van der Waals surface area contributed by atoms with Crippen LogP contribution in [0.25, 0.3) is 6.08 Å². The van der Waals surface area contributed by atoms with Crippen LogP contribution in [0.5, 0.6) is 0 Å². The highest BCUT2D eigenvalue weighted by Crippen LogP contribution is 2.40. The van der Waals surface area contributed by atoms with Gasteiger partial charge in [0, 0.05) is 4.92 Å². The van der Waals surface area contributed by atoms with E-state index in [1.54, 1.807) is 13.0 Å². The van der Waals surface area contributed by atoms with Crippen molar-refractivity contribution in [1.82, 2.24) is 0 Å². The number of hydrogen-bond acceptors (Lipinski definition) is 5. The summed E-state index contributed by atoms with van der Waals surface area (Å²) in [7, 11) is 0. The maximum absolute atomic E-state index is 13.4. The Hall–Kier alpha value is -3.75. The molecular weight excluding hydrogens is 437 g/mol. The minimum atomic E-state index is -4.65. The molecule has 2 unspecified atom stereocenters. The lowest BCUT2D eigenvalue weighted by Gasteiger charge is -2.28. The van der Waals surface area contributed by atoms with Gasteiger partial charge in [-0.25, -0.2) is 4.79 Å². The predicted molar refractivity (Wildman–Crippen MR) is 117 cm³/mol. The molecule has 33 heavy (non-hydrogen) atoms. The molecule has 0 bridgehead atoms. The molecule has 1 heterocycles. The molecule has 0 saturated carbocycles. The number of aliphatic imine (C=N–C) groups is 1. The lowest BCUT2D eigenvalue weighted by atomic mass is 9.79. The number of halogens is 3. The molecule has 3 rings (SSSR count). The van der Waals surface area contributed by atoms with E-state index >= 15 is 0 Å². The fourth-order valence-electron chi connectivity index (χ4n) is 3.71. The van der Waals surface area contributed by atoms with Crippen molar-refractivity contribution in [2.45, 2.75) is 32.0 Å². The van der Waals surface area contributed by atoms with Crippen LogP contribution >= 0.6 is 0 Å². The second kappa shape index (κ2) is 9.81. The molecule has 0 spiro atoms. The fourth-order valence-corrected chi connectivity index (χ4v) is 3.71. The Morgan fingerprint density at radius 3 is 2.45 bits per heavy atom. The van der Waals surface area contributed by atoms with Crippen LogP contribution < -0.4 is 0 Å². The second-order valence-electron chi connectivity index (χ2n) is 7.35. The van der Waals surface area contributed by atoms with Crippen LogP contribution in [-0.2, 0) is 15.7 Å². The van der Waals surface area contributed by atoms with E-state index in [9.17, 15) is 28.1 Å². The van der Waals surface area contributed by atoms with E-state index in [2.05, 4.69) is 4.99 Å². The van der Waals surface area contributed by atoms with E-state index in [-0.39, 0.29) is 29.2 Å². The molecule has 172 valence electrons. The number of alkyl halides is 3. The van der Waals surface area contributed by atoms with E-state index in [4.69, 9.17) is 4.74 Å². The number of carbonyl (C=O) groups excluding carboxylic acids is 1. The van der Waals surface area contributed by atoms with E-state index in [1.165, 1.54) is 25.1 Å². The topological polar surface area (TPSA) is 81.8 Å². The van der Waals surface area contributed by atoms with Gasteiger partial charge in [0.05, 0.1) is 35.1 Å². The summed E-state index contributed by atoms with van der Waals surface area (Å²) >= 11 is 0. The second-order valence-corrected chi connectivity index (χ2v) is 7.35. The van der Waals surface area contributed by atoms with Crippen LogP contribution in [0.15, 0.2) is 76.9 Å². The lowest BCUT2D eigenvalue weighted by Crippen LogP contribution is -2.40. The zero-order valence-corrected chi connectivity index (χ0v) is 17.9. The molecule has 0 radical (unpaired) electrons. The Kier molecular flexibility index (Phi) is 7.10. The summed E-state index contributed by atoms with van der Waals surface area (Å²) in [6.45, 7) is 2.98. The molecule has 0 N–H and O–H groups in total. The van der Waals surface area contributed by atoms with E-state index in [0.29, 0.717) is 0 Å². The molecule has 2 aromatic carbocycles. The van der Waals surface area contributed by atoms with E-state index < -0.39 is 34.6 Å². The molecule has 6 nitrogen and oxygen atoms in total. The number of nitrogens with zero attached hydrogens (tertiary/aromatic N) is 2. The quantitative estimate of drug-likeness (QED) is 0.328. The number of carbonyl (C=O) groups is 1.